The van der Waals surface area contributed by atoms with E-state index < -0.39 is 32.7 Å². The summed E-state index contributed by atoms with van der Waals surface area (Å²) in [5.74, 6) is -0.189. The number of aromatic nitrogens is 1. The van der Waals surface area contributed by atoms with Crippen molar-refractivity contribution in [2.75, 3.05) is 45.8 Å². The zero-order chi connectivity index (χ0) is 29.1. The van der Waals surface area contributed by atoms with Crippen LogP contribution in [0.25, 0.3) is 0 Å². The second-order valence-corrected chi connectivity index (χ2v) is 13.6. The molecule has 1 aromatic carbocycles. The van der Waals surface area contributed by atoms with E-state index in [1.165, 1.54) is 24.5 Å². The number of ketones is 1. The maximum absolute atomic E-state index is 13.6. The Morgan fingerprint density at radius 1 is 0.951 bits per heavy atom. The number of carbonyl (C=O) groups is 1. The van der Waals surface area contributed by atoms with Crippen molar-refractivity contribution in [1.82, 2.24) is 19.1 Å². The van der Waals surface area contributed by atoms with E-state index in [-0.39, 0.29) is 24.3 Å². The first-order valence-corrected chi connectivity index (χ1v) is 16.1. The van der Waals surface area contributed by atoms with E-state index in [0.717, 1.165) is 55.3 Å². The van der Waals surface area contributed by atoms with Gasteiger partial charge in [0, 0.05) is 24.4 Å². The van der Waals surface area contributed by atoms with Crippen molar-refractivity contribution < 1.29 is 26.4 Å². The molecule has 5 rings (SSSR count). The van der Waals surface area contributed by atoms with Crippen molar-refractivity contribution in [2.45, 2.75) is 73.9 Å². The van der Waals surface area contributed by atoms with Gasteiger partial charge in [0.05, 0.1) is 23.0 Å². The fourth-order valence-corrected chi connectivity index (χ4v) is 8.41. The van der Waals surface area contributed by atoms with Gasteiger partial charge >= 0.3 is 6.18 Å². The average molecular weight is 593 g/mol. The van der Waals surface area contributed by atoms with Gasteiger partial charge in [-0.05, 0) is 107 Å². The van der Waals surface area contributed by atoms with Gasteiger partial charge in [0.2, 0.25) is 10.0 Å². The van der Waals surface area contributed by atoms with Crippen LogP contribution in [0.2, 0.25) is 0 Å². The predicted octanol–water partition coefficient (Wildman–Crippen LogP) is 4.73. The molecule has 1 aromatic heterocycles. The minimum Gasteiger partial charge on any atom is -0.303 e. The number of sulfonamides is 1. The number of alkyl halides is 3. The largest absolute Gasteiger partial charge is 0.416 e. The second kappa shape index (κ2) is 12.5. The molecule has 11 heteroatoms. The van der Waals surface area contributed by atoms with Gasteiger partial charge in [-0.3, -0.25) is 14.7 Å². The van der Waals surface area contributed by atoms with Crippen molar-refractivity contribution in [1.29, 1.82) is 0 Å². The van der Waals surface area contributed by atoms with Crippen molar-refractivity contribution in [2.24, 2.45) is 0 Å². The van der Waals surface area contributed by atoms with E-state index in [4.69, 9.17) is 0 Å². The molecule has 0 N–H and O–H groups in total. The van der Waals surface area contributed by atoms with Crippen LogP contribution in [0.1, 0.15) is 62.5 Å². The minimum atomic E-state index is -4.66. The first-order chi connectivity index (χ1) is 19.6. The number of benzene rings is 1. The van der Waals surface area contributed by atoms with Crippen LogP contribution in [0.3, 0.4) is 0 Å². The molecule has 224 valence electrons. The van der Waals surface area contributed by atoms with Crippen LogP contribution >= 0.6 is 0 Å². The van der Waals surface area contributed by atoms with Gasteiger partial charge in [0.25, 0.3) is 0 Å². The Kier molecular flexibility index (Phi) is 9.18. The molecule has 3 saturated heterocycles. The van der Waals surface area contributed by atoms with Gasteiger partial charge in [-0.1, -0.05) is 18.6 Å². The highest BCUT2D eigenvalue weighted by molar-refractivity contribution is 7.89. The summed E-state index contributed by atoms with van der Waals surface area (Å²) in [5.41, 5.74) is 0.199. The maximum Gasteiger partial charge on any atom is 0.416 e. The predicted molar refractivity (Wildman–Crippen MR) is 150 cm³/mol. The van der Waals surface area contributed by atoms with Crippen LogP contribution in [-0.2, 0) is 26.4 Å². The highest BCUT2D eigenvalue weighted by atomic mass is 32.2. The number of likely N-dealkylation sites (tertiary alicyclic amines) is 2. The number of halogens is 3. The lowest BCUT2D eigenvalue weighted by molar-refractivity contribution is -0.137. The SMILES string of the molecule is O=C(CN1CCC(CCN2CCCC2)(c2cccnc2)CC1)C1CCCCN1S(=O)(=O)c1cccc(C(F)(F)F)c1. The van der Waals surface area contributed by atoms with E-state index in [2.05, 4.69) is 20.9 Å². The number of hydrogen-bond acceptors (Lipinski definition) is 6. The molecule has 0 saturated carbocycles. The number of nitrogens with zero attached hydrogens (tertiary/aromatic N) is 4. The molecule has 3 fully saturated rings. The Labute approximate surface area is 240 Å². The van der Waals surface area contributed by atoms with Crippen molar-refractivity contribution in [3.63, 3.8) is 0 Å². The van der Waals surface area contributed by atoms with Crippen LogP contribution < -0.4 is 0 Å². The summed E-state index contributed by atoms with van der Waals surface area (Å²) >= 11 is 0. The lowest BCUT2D eigenvalue weighted by Gasteiger charge is -2.43. The zero-order valence-electron chi connectivity index (χ0n) is 23.4. The molecule has 0 amide bonds. The standard InChI is InChI=1S/C30H39F3N4O3S/c31-30(32,33)24-7-5-9-26(21-24)41(39,40)37-17-2-1-10-27(37)28(38)23-36-19-12-29(13-20-36,25-8-6-14-34-22-25)11-18-35-15-3-4-16-35/h5-9,14,21-22,27H,1-4,10-13,15-20,23H2. The van der Waals surface area contributed by atoms with Gasteiger partial charge in [-0.25, -0.2) is 8.42 Å². The van der Waals surface area contributed by atoms with Gasteiger partial charge < -0.3 is 4.90 Å². The molecule has 0 radical (unpaired) electrons. The summed E-state index contributed by atoms with van der Waals surface area (Å²) < 4.78 is 67.9. The topological polar surface area (TPSA) is 73.8 Å². The summed E-state index contributed by atoms with van der Waals surface area (Å²) in [6, 6.07) is 7.04. The summed E-state index contributed by atoms with van der Waals surface area (Å²) in [6.07, 6.45) is 6.03. The second-order valence-electron chi connectivity index (χ2n) is 11.7. The van der Waals surface area contributed by atoms with Gasteiger partial charge in [0.1, 0.15) is 0 Å². The van der Waals surface area contributed by atoms with Gasteiger partial charge in [-0.15, -0.1) is 0 Å². The Morgan fingerprint density at radius 3 is 2.37 bits per heavy atom. The Balaban J connectivity index is 1.26. The normalized spacial score (nSPS) is 23.0. The Hall–Kier alpha value is -2.34. The van der Waals surface area contributed by atoms with E-state index in [0.29, 0.717) is 38.4 Å². The van der Waals surface area contributed by atoms with E-state index in [1.54, 1.807) is 6.20 Å². The Morgan fingerprint density at radius 2 is 1.68 bits per heavy atom. The molecule has 0 bridgehead atoms. The summed E-state index contributed by atoms with van der Waals surface area (Å²) in [7, 11) is -4.27. The molecular weight excluding hydrogens is 553 g/mol. The highest BCUT2D eigenvalue weighted by Gasteiger charge is 2.41. The third-order valence-electron chi connectivity index (χ3n) is 9.17. The molecule has 2 aromatic rings. The molecule has 0 aliphatic carbocycles. The molecule has 7 nitrogen and oxygen atoms in total. The van der Waals surface area contributed by atoms with Crippen molar-refractivity contribution >= 4 is 15.8 Å². The van der Waals surface area contributed by atoms with Gasteiger partial charge in [-0.2, -0.15) is 17.5 Å². The lowest BCUT2D eigenvalue weighted by atomic mass is 9.70. The van der Waals surface area contributed by atoms with Crippen molar-refractivity contribution in [3.05, 3.63) is 59.9 Å². The van der Waals surface area contributed by atoms with Crippen LogP contribution in [0.15, 0.2) is 53.7 Å². The molecule has 3 aliphatic rings. The fourth-order valence-electron chi connectivity index (χ4n) is 6.69. The highest BCUT2D eigenvalue weighted by Crippen LogP contribution is 2.39. The van der Waals surface area contributed by atoms with E-state index in [9.17, 15) is 26.4 Å². The summed E-state index contributed by atoms with van der Waals surface area (Å²) in [4.78, 5) is 22.2. The van der Waals surface area contributed by atoms with Crippen molar-refractivity contribution in [3.8, 4) is 0 Å². The Bertz CT molecular complexity index is 1290. The van der Waals surface area contributed by atoms with Crippen LogP contribution in [-0.4, -0.2) is 85.1 Å². The fraction of sp³-hybridized carbons (Fsp3) is 0.600. The summed E-state index contributed by atoms with van der Waals surface area (Å²) in [5, 5.41) is 0. The molecule has 3 aliphatic heterocycles. The quantitative estimate of drug-likeness (QED) is 0.419. The van der Waals surface area contributed by atoms with Crippen LogP contribution in [0.5, 0.6) is 0 Å². The third kappa shape index (κ3) is 6.84. The summed E-state index contributed by atoms with van der Waals surface area (Å²) in [6.45, 7) is 5.01. The first kappa shape index (κ1) is 30.1. The van der Waals surface area contributed by atoms with Gasteiger partial charge in [0.15, 0.2) is 5.78 Å². The molecule has 0 spiro atoms. The number of carbonyl (C=O) groups excluding carboxylic acids is 1. The molecule has 4 heterocycles. The first-order valence-electron chi connectivity index (χ1n) is 14.7. The molecule has 1 atom stereocenters. The third-order valence-corrected chi connectivity index (χ3v) is 11.1. The number of pyridine rings is 1. The zero-order valence-corrected chi connectivity index (χ0v) is 24.2. The molecule has 1 unspecified atom stereocenters. The number of piperidine rings is 2. The average Bonchev–Trinajstić information content (AvgIpc) is 3.51. The maximum atomic E-state index is 13.6. The smallest absolute Gasteiger partial charge is 0.303 e. The number of hydrogen-bond donors (Lipinski definition) is 0. The monoisotopic (exact) mass is 592 g/mol. The van der Waals surface area contributed by atoms with E-state index in [1.807, 2.05) is 12.3 Å². The molecular formula is C30H39F3N4O3S. The lowest BCUT2D eigenvalue weighted by Crippen LogP contribution is -2.52. The number of Topliss-reactive ketones (excluding diaryl/α,β-unsaturated/α-hetero) is 1. The van der Waals surface area contributed by atoms with E-state index >= 15 is 0 Å². The molecule has 41 heavy (non-hydrogen) atoms. The minimum absolute atomic E-state index is 0.0138. The van der Waals surface area contributed by atoms with Crippen LogP contribution in [0, 0.1) is 0 Å². The van der Waals surface area contributed by atoms with Crippen LogP contribution in [0.4, 0.5) is 13.2 Å². The number of rotatable bonds is 9.